The van der Waals surface area contributed by atoms with Crippen LogP contribution in [0.2, 0.25) is 0 Å². The summed E-state index contributed by atoms with van der Waals surface area (Å²) in [6.45, 7) is 4.13. The number of nitrogens with one attached hydrogen (secondary N) is 2. The molecule has 3 rings (SSSR count). The van der Waals surface area contributed by atoms with Crippen molar-refractivity contribution in [2.45, 2.75) is 13.8 Å². The average molecular weight is 425 g/mol. The molecule has 0 aliphatic carbocycles. The fourth-order valence-corrected chi connectivity index (χ4v) is 3.17. The molecular weight excluding hydrogens is 404 g/mol. The number of amides is 1. The largest absolute Gasteiger partial charge is 0.495 e. The van der Waals surface area contributed by atoms with Crippen LogP contribution in [0.4, 0.5) is 17.1 Å². The molecule has 0 radical (unpaired) electrons. The zero-order valence-corrected chi connectivity index (χ0v) is 17.1. The Morgan fingerprint density at radius 2 is 1.70 bits per heavy atom. The molecule has 3 aromatic carbocycles. The van der Waals surface area contributed by atoms with Crippen molar-refractivity contribution < 1.29 is 9.53 Å². The fraction of sp³-hybridized carbons (Fsp3) is 0.136. The molecule has 2 N–H and O–H groups in total. The highest BCUT2D eigenvalue weighted by atomic mass is 79.9. The number of rotatable bonds is 5. The number of halogens is 1. The van der Waals surface area contributed by atoms with E-state index in [4.69, 9.17) is 4.74 Å². The Balaban J connectivity index is 1.87. The zero-order chi connectivity index (χ0) is 19.4. The molecular formula is C22H21BrN2O2. The van der Waals surface area contributed by atoms with Gasteiger partial charge < -0.3 is 15.4 Å². The van der Waals surface area contributed by atoms with Gasteiger partial charge in [0.15, 0.2) is 0 Å². The Hall–Kier alpha value is -2.79. The molecule has 1 amide bonds. The third-order valence-electron chi connectivity index (χ3n) is 4.45. The number of hydrogen-bond donors (Lipinski definition) is 2. The third-order valence-corrected chi connectivity index (χ3v) is 5.11. The maximum atomic E-state index is 12.9. The number of benzene rings is 3. The van der Waals surface area contributed by atoms with Crippen LogP contribution in [0.25, 0.3) is 0 Å². The lowest BCUT2D eigenvalue weighted by Gasteiger charge is -2.15. The quantitative estimate of drug-likeness (QED) is 0.522. The normalized spacial score (nSPS) is 10.4. The molecule has 0 unspecified atom stereocenters. The van der Waals surface area contributed by atoms with Gasteiger partial charge in [-0.1, -0.05) is 24.3 Å². The Morgan fingerprint density at radius 1 is 0.963 bits per heavy atom. The summed E-state index contributed by atoms with van der Waals surface area (Å²) >= 11 is 3.42. The molecule has 27 heavy (non-hydrogen) atoms. The van der Waals surface area contributed by atoms with Crippen molar-refractivity contribution in [3.05, 3.63) is 81.8 Å². The molecule has 5 heteroatoms. The van der Waals surface area contributed by atoms with Crippen LogP contribution in [0, 0.1) is 13.8 Å². The molecule has 0 atom stereocenters. The summed E-state index contributed by atoms with van der Waals surface area (Å²) in [4.78, 5) is 12.9. The summed E-state index contributed by atoms with van der Waals surface area (Å²) in [5, 5.41) is 6.32. The first-order valence-corrected chi connectivity index (χ1v) is 9.36. The van der Waals surface area contributed by atoms with Gasteiger partial charge in [-0.15, -0.1) is 0 Å². The number of anilines is 3. The van der Waals surface area contributed by atoms with Crippen LogP contribution < -0.4 is 15.4 Å². The minimum absolute atomic E-state index is 0.187. The molecule has 0 saturated heterocycles. The van der Waals surface area contributed by atoms with Gasteiger partial charge in [0.1, 0.15) is 5.75 Å². The Kier molecular flexibility index (Phi) is 5.81. The van der Waals surface area contributed by atoms with E-state index in [9.17, 15) is 4.79 Å². The minimum Gasteiger partial charge on any atom is -0.495 e. The second-order valence-corrected chi connectivity index (χ2v) is 7.08. The van der Waals surface area contributed by atoms with E-state index in [-0.39, 0.29) is 5.91 Å². The first kappa shape index (κ1) is 19.0. The monoisotopic (exact) mass is 424 g/mol. The highest BCUT2D eigenvalue weighted by Gasteiger charge is 2.13. The predicted octanol–water partition coefficient (Wildman–Crippen LogP) is 6.07. The first-order valence-electron chi connectivity index (χ1n) is 8.56. The zero-order valence-electron chi connectivity index (χ0n) is 15.5. The molecule has 0 bridgehead atoms. The van der Waals surface area contributed by atoms with Crippen LogP contribution in [-0.2, 0) is 0 Å². The molecule has 0 spiro atoms. The summed E-state index contributed by atoms with van der Waals surface area (Å²) in [6.07, 6.45) is 0. The van der Waals surface area contributed by atoms with Crippen LogP contribution in [0.5, 0.6) is 5.75 Å². The fourth-order valence-electron chi connectivity index (χ4n) is 2.76. The Morgan fingerprint density at radius 3 is 2.48 bits per heavy atom. The maximum absolute atomic E-state index is 12.9. The van der Waals surface area contributed by atoms with Gasteiger partial charge >= 0.3 is 0 Å². The molecule has 0 fully saturated rings. The lowest BCUT2D eigenvalue weighted by molar-refractivity contribution is 0.102. The summed E-state index contributed by atoms with van der Waals surface area (Å²) in [7, 11) is 1.59. The number of methoxy groups -OCH3 is 1. The molecule has 138 valence electrons. The van der Waals surface area contributed by atoms with Gasteiger partial charge in [0, 0.05) is 17.4 Å². The number of carbonyl (C=O) groups is 1. The average Bonchev–Trinajstić information content (AvgIpc) is 2.67. The van der Waals surface area contributed by atoms with Gasteiger partial charge in [0.25, 0.3) is 5.91 Å². The Bertz CT molecular complexity index is 986. The molecule has 0 saturated carbocycles. The standard InChI is InChI=1S/C22H21BrN2O2/c1-14-7-6-10-19(15(14)2)25-20-9-5-4-8-17(20)22(26)24-16-11-12-18(23)21(13-16)27-3/h4-13,25H,1-3H3,(H,24,26). The van der Waals surface area contributed by atoms with Gasteiger partial charge in [0.2, 0.25) is 0 Å². The van der Waals surface area contributed by atoms with Crippen LogP contribution in [-0.4, -0.2) is 13.0 Å². The smallest absolute Gasteiger partial charge is 0.257 e. The topological polar surface area (TPSA) is 50.4 Å². The number of carbonyl (C=O) groups excluding carboxylic acids is 1. The third kappa shape index (κ3) is 4.31. The maximum Gasteiger partial charge on any atom is 0.257 e. The van der Waals surface area contributed by atoms with E-state index >= 15 is 0 Å². The van der Waals surface area contributed by atoms with Crippen molar-refractivity contribution in [3.63, 3.8) is 0 Å². The predicted molar refractivity (Wildman–Crippen MR) is 114 cm³/mol. The summed E-state index contributed by atoms with van der Waals surface area (Å²) in [5.41, 5.74) is 5.34. The van der Waals surface area contributed by atoms with E-state index in [1.807, 2.05) is 42.5 Å². The van der Waals surface area contributed by atoms with Gasteiger partial charge in [-0.25, -0.2) is 0 Å². The van der Waals surface area contributed by atoms with E-state index < -0.39 is 0 Å². The minimum atomic E-state index is -0.187. The number of ether oxygens (including phenoxy) is 1. The SMILES string of the molecule is COc1cc(NC(=O)c2ccccc2Nc2cccc(C)c2C)ccc1Br. The molecule has 0 heterocycles. The van der Waals surface area contributed by atoms with Crippen molar-refractivity contribution in [2.24, 2.45) is 0 Å². The molecule has 0 aliphatic rings. The van der Waals surface area contributed by atoms with E-state index in [1.165, 1.54) is 5.56 Å². The second kappa shape index (κ2) is 8.27. The summed E-state index contributed by atoms with van der Waals surface area (Å²) in [5.74, 6) is 0.474. The van der Waals surface area contributed by atoms with Crippen LogP contribution in [0.3, 0.4) is 0 Å². The van der Waals surface area contributed by atoms with Crippen LogP contribution >= 0.6 is 15.9 Å². The summed E-state index contributed by atoms with van der Waals surface area (Å²) < 4.78 is 6.12. The van der Waals surface area contributed by atoms with Gasteiger partial charge in [0.05, 0.1) is 22.8 Å². The van der Waals surface area contributed by atoms with Crippen LogP contribution in [0.15, 0.2) is 65.1 Å². The van der Waals surface area contributed by atoms with E-state index in [1.54, 1.807) is 19.2 Å². The van der Waals surface area contributed by atoms with Crippen LogP contribution in [0.1, 0.15) is 21.5 Å². The highest BCUT2D eigenvalue weighted by molar-refractivity contribution is 9.10. The number of para-hydroxylation sites is 1. The molecule has 0 aromatic heterocycles. The van der Waals surface area contributed by atoms with Crippen molar-refractivity contribution in [3.8, 4) is 5.75 Å². The van der Waals surface area contributed by atoms with E-state index in [0.717, 1.165) is 21.4 Å². The second-order valence-electron chi connectivity index (χ2n) is 6.22. The highest BCUT2D eigenvalue weighted by Crippen LogP contribution is 2.29. The van der Waals surface area contributed by atoms with Crippen molar-refractivity contribution >= 4 is 38.9 Å². The van der Waals surface area contributed by atoms with E-state index in [0.29, 0.717) is 17.0 Å². The van der Waals surface area contributed by atoms with Crippen molar-refractivity contribution in [1.29, 1.82) is 0 Å². The number of aryl methyl sites for hydroxylation is 1. The molecule has 4 nitrogen and oxygen atoms in total. The molecule has 0 aliphatic heterocycles. The first-order chi connectivity index (χ1) is 13.0. The lowest BCUT2D eigenvalue weighted by atomic mass is 10.1. The molecule has 3 aromatic rings. The lowest BCUT2D eigenvalue weighted by Crippen LogP contribution is -2.14. The van der Waals surface area contributed by atoms with Crippen molar-refractivity contribution in [1.82, 2.24) is 0 Å². The number of hydrogen-bond acceptors (Lipinski definition) is 3. The van der Waals surface area contributed by atoms with Crippen molar-refractivity contribution in [2.75, 3.05) is 17.7 Å². The van der Waals surface area contributed by atoms with Gasteiger partial charge in [-0.2, -0.15) is 0 Å². The van der Waals surface area contributed by atoms with E-state index in [2.05, 4.69) is 46.5 Å². The summed E-state index contributed by atoms with van der Waals surface area (Å²) in [6, 6.07) is 19.0. The van der Waals surface area contributed by atoms with Gasteiger partial charge in [-0.3, -0.25) is 4.79 Å². The Labute approximate surface area is 167 Å². The van der Waals surface area contributed by atoms with Gasteiger partial charge in [-0.05, 0) is 71.2 Å².